The van der Waals surface area contributed by atoms with Crippen molar-refractivity contribution in [2.75, 3.05) is 20.3 Å². The van der Waals surface area contributed by atoms with Gasteiger partial charge in [-0.3, -0.25) is 18.7 Å². The quantitative estimate of drug-likeness (QED) is 0.475. The maximum atomic E-state index is 12.2. The van der Waals surface area contributed by atoms with Gasteiger partial charge in [-0.2, -0.15) is 0 Å². The zero-order valence-electron chi connectivity index (χ0n) is 15.7. The fourth-order valence-corrected chi connectivity index (χ4v) is 3.32. The van der Waals surface area contributed by atoms with Gasteiger partial charge < -0.3 is 29.6 Å². The monoisotopic (exact) mass is 397 g/mol. The molecule has 1 saturated heterocycles. The number of aryl methyl sites for hydroxylation is 1. The van der Waals surface area contributed by atoms with E-state index in [0.29, 0.717) is 0 Å². The van der Waals surface area contributed by atoms with Crippen LogP contribution in [0.5, 0.6) is 0 Å². The number of hydrogen-bond acceptors (Lipinski definition) is 8. The van der Waals surface area contributed by atoms with E-state index in [2.05, 4.69) is 10.3 Å². The molecule has 4 atom stereocenters. The van der Waals surface area contributed by atoms with Gasteiger partial charge in [-0.1, -0.05) is 0 Å². The number of amides is 1. The summed E-state index contributed by atoms with van der Waals surface area (Å²) < 4.78 is 14.1. The van der Waals surface area contributed by atoms with Gasteiger partial charge in [-0.25, -0.2) is 9.78 Å². The van der Waals surface area contributed by atoms with Crippen LogP contribution in [0.25, 0.3) is 11.2 Å². The van der Waals surface area contributed by atoms with Gasteiger partial charge in [0.05, 0.1) is 25.5 Å². The lowest BCUT2D eigenvalue weighted by atomic mass is 9.98. The van der Waals surface area contributed by atoms with Crippen LogP contribution >= 0.6 is 0 Å². The van der Waals surface area contributed by atoms with Crippen molar-refractivity contribution in [1.29, 1.82) is 0 Å². The molecule has 0 unspecified atom stereocenters. The molecule has 154 valence electrons. The minimum Gasteiger partial charge on any atom is -0.388 e. The number of aromatic nitrogens is 4. The summed E-state index contributed by atoms with van der Waals surface area (Å²) in [5, 5.41) is 23.3. The minimum absolute atomic E-state index is 0.0221. The largest absolute Gasteiger partial charge is 0.388 e. The molecule has 0 aliphatic carbocycles. The predicted molar refractivity (Wildman–Crippen MR) is 95.8 cm³/mol. The van der Waals surface area contributed by atoms with Gasteiger partial charge in [0.15, 0.2) is 5.52 Å². The van der Waals surface area contributed by atoms with E-state index in [4.69, 9.17) is 9.47 Å². The topological polar surface area (TPSA) is 150 Å². The molecule has 0 bridgehead atoms. The van der Waals surface area contributed by atoms with E-state index >= 15 is 0 Å². The molecule has 1 aliphatic heterocycles. The van der Waals surface area contributed by atoms with Gasteiger partial charge in [0.2, 0.25) is 5.91 Å². The molecule has 3 heterocycles. The Morgan fingerprint density at radius 3 is 2.71 bits per heavy atom. The van der Waals surface area contributed by atoms with E-state index in [1.165, 1.54) is 36.7 Å². The molecular formula is C16H23N5O7. The first-order chi connectivity index (χ1) is 13.3. The van der Waals surface area contributed by atoms with Crippen molar-refractivity contribution in [2.24, 2.45) is 14.1 Å². The van der Waals surface area contributed by atoms with E-state index in [1.807, 2.05) is 0 Å². The molecular weight excluding hydrogens is 374 g/mol. The summed E-state index contributed by atoms with van der Waals surface area (Å²) in [4.78, 5) is 40.1. The number of methoxy groups -OCH3 is 1. The lowest BCUT2D eigenvalue weighted by Crippen LogP contribution is -2.60. The summed E-state index contributed by atoms with van der Waals surface area (Å²) in [7, 11) is 4.25. The average Bonchev–Trinajstić information content (AvgIpc) is 3.08. The average molecular weight is 397 g/mol. The summed E-state index contributed by atoms with van der Waals surface area (Å²) >= 11 is 0. The number of ether oxygens (including phenoxy) is 2. The van der Waals surface area contributed by atoms with E-state index < -0.39 is 41.5 Å². The molecule has 1 amide bonds. The number of carbonyl (C=O) groups excluding carboxylic acids is 1. The van der Waals surface area contributed by atoms with Crippen molar-refractivity contribution < 1.29 is 24.5 Å². The Morgan fingerprint density at radius 1 is 1.32 bits per heavy atom. The third-order valence-electron chi connectivity index (χ3n) is 4.84. The van der Waals surface area contributed by atoms with Gasteiger partial charge >= 0.3 is 5.69 Å². The van der Waals surface area contributed by atoms with Crippen molar-refractivity contribution in [3.05, 3.63) is 27.2 Å². The number of hydrogen-bond donors (Lipinski definition) is 3. The first-order valence-corrected chi connectivity index (χ1v) is 8.63. The van der Waals surface area contributed by atoms with Gasteiger partial charge in [0, 0.05) is 21.2 Å². The van der Waals surface area contributed by atoms with Crippen molar-refractivity contribution in [3.8, 4) is 0 Å². The second-order valence-electron chi connectivity index (χ2n) is 6.73. The number of nitrogens with one attached hydrogen (secondary N) is 1. The van der Waals surface area contributed by atoms with E-state index in [0.717, 1.165) is 4.57 Å². The summed E-state index contributed by atoms with van der Waals surface area (Å²) in [6.07, 6.45) is -2.02. The Hall–Kier alpha value is -2.54. The molecule has 12 nitrogen and oxygen atoms in total. The Kier molecular flexibility index (Phi) is 5.65. The van der Waals surface area contributed by atoms with Gasteiger partial charge in [0.1, 0.15) is 30.6 Å². The van der Waals surface area contributed by atoms with Crippen LogP contribution in [0.2, 0.25) is 0 Å². The lowest BCUT2D eigenvalue weighted by Gasteiger charge is -2.38. The lowest BCUT2D eigenvalue weighted by molar-refractivity contribution is -0.159. The third-order valence-corrected chi connectivity index (χ3v) is 4.84. The SMILES string of the molecule is COCC(=O)N[C@@H]1CO[C@H](Cn2cnc3c(=O)n(C)c(=O)n(C)c32)[C@@H](O)[C@H]1O. The Bertz CT molecular complexity index is 994. The van der Waals surface area contributed by atoms with E-state index in [9.17, 15) is 24.6 Å². The van der Waals surface area contributed by atoms with Crippen LogP contribution in [0.1, 0.15) is 0 Å². The Morgan fingerprint density at radius 2 is 2.04 bits per heavy atom. The number of fused-ring (bicyclic) bond motifs is 1. The highest BCUT2D eigenvalue weighted by Gasteiger charge is 2.39. The number of aliphatic hydroxyl groups is 2. The molecule has 2 aromatic rings. The molecule has 0 spiro atoms. The van der Waals surface area contributed by atoms with Crippen LogP contribution in [-0.4, -0.2) is 79.5 Å². The highest BCUT2D eigenvalue weighted by Crippen LogP contribution is 2.19. The van der Waals surface area contributed by atoms with Crippen LogP contribution in [-0.2, 0) is 34.9 Å². The maximum absolute atomic E-state index is 12.2. The number of imidazole rings is 1. The summed E-state index contributed by atoms with van der Waals surface area (Å²) in [6.45, 7) is -0.146. The highest BCUT2D eigenvalue weighted by molar-refractivity contribution is 5.77. The molecule has 12 heteroatoms. The fraction of sp³-hybridized carbons (Fsp3) is 0.625. The summed E-state index contributed by atoms with van der Waals surface area (Å²) in [5.74, 6) is -0.438. The van der Waals surface area contributed by atoms with Crippen molar-refractivity contribution in [3.63, 3.8) is 0 Å². The van der Waals surface area contributed by atoms with Gasteiger partial charge in [0.25, 0.3) is 5.56 Å². The summed E-state index contributed by atoms with van der Waals surface area (Å²) in [6, 6.07) is -0.787. The molecule has 28 heavy (non-hydrogen) atoms. The Labute approximate surface area is 158 Å². The van der Waals surface area contributed by atoms with Crippen molar-refractivity contribution in [2.45, 2.75) is 30.9 Å². The first-order valence-electron chi connectivity index (χ1n) is 8.63. The van der Waals surface area contributed by atoms with E-state index in [1.54, 1.807) is 0 Å². The van der Waals surface area contributed by atoms with E-state index in [-0.39, 0.29) is 30.9 Å². The smallest absolute Gasteiger partial charge is 0.332 e. The van der Waals surface area contributed by atoms with Crippen molar-refractivity contribution >= 4 is 17.1 Å². The molecule has 0 radical (unpaired) electrons. The molecule has 1 fully saturated rings. The number of rotatable bonds is 5. The molecule has 3 N–H and O–H groups in total. The zero-order chi connectivity index (χ0) is 20.6. The predicted octanol–water partition coefficient (Wildman–Crippen LogP) is -3.31. The van der Waals surface area contributed by atoms with Gasteiger partial charge in [-0.15, -0.1) is 0 Å². The molecule has 2 aromatic heterocycles. The maximum Gasteiger partial charge on any atom is 0.332 e. The molecule has 1 aliphatic rings. The standard InChI is InChI=1S/C16H23N5O7/c1-19-14-11(15(25)20(2)16(19)26)17-7-21(14)4-9-13(24)12(23)8(5-28-9)18-10(22)6-27-3/h7-9,12-13,23-24H,4-6H2,1-3H3,(H,18,22)/t8-,9-,12+,13-/m1/s1. The molecule has 3 rings (SSSR count). The minimum atomic E-state index is -1.30. The zero-order valence-corrected chi connectivity index (χ0v) is 15.7. The second kappa shape index (κ2) is 7.83. The highest BCUT2D eigenvalue weighted by atomic mass is 16.5. The van der Waals surface area contributed by atoms with Crippen molar-refractivity contribution in [1.82, 2.24) is 24.0 Å². The molecule has 0 aromatic carbocycles. The fourth-order valence-electron chi connectivity index (χ4n) is 3.32. The number of aliphatic hydroxyl groups excluding tert-OH is 2. The molecule has 0 saturated carbocycles. The van der Waals surface area contributed by atoms with Crippen LogP contribution in [0, 0.1) is 0 Å². The normalized spacial score (nSPS) is 25.2. The van der Waals surface area contributed by atoms with Crippen LogP contribution in [0.15, 0.2) is 15.9 Å². The first kappa shape index (κ1) is 20.2. The van der Waals surface area contributed by atoms with Crippen LogP contribution in [0.4, 0.5) is 0 Å². The third kappa shape index (κ3) is 3.46. The van der Waals surface area contributed by atoms with Crippen LogP contribution < -0.4 is 16.6 Å². The Balaban J connectivity index is 1.81. The van der Waals surface area contributed by atoms with Crippen LogP contribution in [0.3, 0.4) is 0 Å². The number of carbonyl (C=O) groups is 1. The number of nitrogens with zero attached hydrogens (tertiary/aromatic N) is 4. The summed E-state index contributed by atoms with van der Waals surface area (Å²) in [5.41, 5.74) is -0.637. The second-order valence-corrected chi connectivity index (χ2v) is 6.73. The van der Waals surface area contributed by atoms with Gasteiger partial charge in [-0.05, 0) is 0 Å².